The molecule has 0 spiro atoms. The molecule has 1 rings (SSSR count). The first-order valence-electron chi connectivity index (χ1n) is 6.25. The standard InChI is InChI=1S/C14H22ClNOS/c1-14(16,11-17)8-2-3-9-18-10-12-4-6-13(15)7-5-12/h4-7,17H,2-3,8-11,16H2,1H3. The van der Waals surface area contributed by atoms with Crippen molar-refractivity contribution in [1.29, 1.82) is 0 Å². The van der Waals surface area contributed by atoms with Gasteiger partial charge < -0.3 is 10.8 Å². The number of rotatable bonds is 8. The number of benzene rings is 1. The summed E-state index contributed by atoms with van der Waals surface area (Å²) < 4.78 is 0. The first-order valence-corrected chi connectivity index (χ1v) is 7.79. The normalized spacial score (nSPS) is 14.4. The van der Waals surface area contributed by atoms with Gasteiger partial charge >= 0.3 is 0 Å². The molecule has 0 aliphatic carbocycles. The van der Waals surface area contributed by atoms with Crippen LogP contribution in [0.5, 0.6) is 0 Å². The maximum Gasteiger partial charge on any atom is 0.0608 e. The van der Waals surface area contributed by atoms with E-state index in [0.717, 1.165) is 35.8 Å². The molecule has 0 bridgehead atoms. The molecule has 2 nitrogen and oxygen atoms in total. The smallest absolute Gasteiger partial charge is 0.0608 e. The number of aliphatic hydroxyl groups excluding tert-OH is 1. The summed E-state index contributed by atoms with van der Waals surface area (Å²) in [5.41, 5.74) is 6.76. The summed E-state index contributed by atoms with van der Waals surface area (Å²) in [7, 11) is 0. The molecule has 0 saturated carbocycles. The van der Waals surface area contributed by atoms with E-state index in [0.29, 0.717) is 0 Å². The lowest BCUT2D eigenvalue weighted by Crippen LogP contribution is -2.39. The van der Waals surface area contributed by atoms with Crippen molar-refractivity contribution in [3.63, 3.8) is 0 Å². The fourth-order valence-corrected chi connectivity index (χ4v) is 2.69. The fourth-order valence-electron chi connectivity index (χ4n) is 1.58. The van der Waals surface area contributed by atoms with Gasteiger partial charge in [0.15, 0.2) is 0 Å². The zero-order valence-corrected chi connectivity index (χ0v) is 12.4. The van der Waals surface area contributed by atoms with Gasteiger partial charge in [-0.3, -0.25) is 0 Å². The van der Waals surface area contributed by atoms with Crippen molar-refractivity contribution < 1.29 is 5.11 Å². The lowest BCUT2D eigenvalue weighted by molar-refractivity contribution is 0.198. The van der Waals surface area contributed by atoms with Crippen LogP contribution in [0.2, 0.25) is 5.02 Å². The highest BCUT2D eigenvalue weighted by atomic mass is 35.5. The Morgan fingerprint density at radius 3 is 2.56 bits per heavy atom. The van der Waals surface area contributed by atoms with Crippen LogP contribution in [0.1, 0.15) is 31.7 Å². The van der Waals surface area contributed by atoms with Crippen LogP contribution < -0.4 is 5.73 Å². The maximum atomic E-state index is 9.03. The zero-order chi connectivity index (χ0) is 13.4. The van der Waals surface area contributed by atoms with E-state index in [1.165, 1.54) is 5.56 Å². The predicted octanol–water partition coefficient (Wildman–Crippen LogP) is 3.45. The summed E-state index contributed by atoms with van der Waals surface area (Å²) >= 11 is 7.76. The second-order valence-corrected chi connectivity index (χ2v) is 6.49. The van der Waals surface area contributed by atoms with Crippen LogP contribution in [-0.4, -0.2) is 23.0 Å². The highest BCUT2D eigenvalue weighted by Crippen LogP contribution is 2.18. The number of thioether (sulfide) groups is 1. The summed E-state index contributed by atoms with van der Waals surface area (Å²) in [5, 5.41) is 9.81. The zero-order valence-electron chi connectivity index (χ0n) is 10.9. The molecule has 4 heteroatoms. The summed E-state index contributed by atoms with van der Waals surface area (Å²) in [6.45, 7) is 1.96. The van der Waals surface area contributed by atoms with Crippen molar-refractivity contribution in [1.82, 2.24) is 0 Å². The number of hydrogen-bond acceptors (Lipinski definition) is 3. The number of hydrogen-bond donors (Lipinski definition) is 2. The number of unbranched alkanes of at least 4 members (excludes halogenated alkanes) is 1. The molecule has 1 aromatic rings. The predicted molar refractivity (Wildman–Crippen MR) is 81.1 cm³/mol. The van der Waals surface area contributed by atoms with Crippen molar-refractivity contribution in [3.8, 4) is 0 Å². The van der Waals surface area contributed by atoms with Gasteiger partial charge in [0, 0.05) is 16.3 Å². The molecule has 1 unspecified atom stereocenters. The Bertz CT molecular complexity index is 340. The summed E-state index contributed by atoms with van der Waals surface area (Å²) in [5.74, 6) is 2.15. The van der Waals surface area contributed by atoms with Gasteiger partial charge in [0.1, 0.15) is 0 Å². The van der Waals surface area contributed by atoms with E-state index in [1.54, 1.807) is 0 Å². The van der Waals surface area contributed by atoms with Gasteiger partial charge in [-0.2, -0.15) is 11.8 Å². The second kappa shape index (κ2) is 8.05. The number of halogens is 1. The molecule has 0 aliphatic heterocycles. The van der Waals surface area contributed by atoms with E-state index >= 15 is 0 Å². The minimum absolute atomic E-state index is 0.0604. The largest absolute Gasteiger partial charge is 0.394 e. The van der Waals surface area contributed by atoms with E-state index in [2.05, 4.69) is 12.1 Å². The Labute approximate surface area is 119 Å². The third-order valence-corrected chi connectivity index (χ3v) is 4.20. The van der Waals surface area contributed by atoms with Gasteiger partial charge in [-0.05, 0) is 43.2 Å². The van der Waals surface area contributed by atoms with E-state index in [9.17, 15) is 0 Å². The van der Waals surface area contributed by atoms with Crippen LogP contribution in [0.25, 0.3) is 0 Å². The average Bonchev–Trinajstić information content (AvgIpc) is 2.36. The molecule has 0 heterocycles. The van der Waals surface area contributed by atoms with Gasteiger partial charge in [-0.25, -0.2) is 0 Å². The van der Waals surface area contributed by atoms with Gasteiger partial charge in [0.05, 0.1) is 6.61 Å². The fraction of sp³-hybridized carbons (Fsp3) is 0.571. The Morgan fingerprint density at radius 2 is 1.94 bits per heavy atom. The van der Waals surface area contributed by atoms with Crippen molar-refractivity contribution in [2.45, 2.75) is 37.5 Å². The molecule has 1 aromatic carbocycles. The Morgan fingerprint density at radius 1 is 1.28 bits per heavy atom. The summed E-state index contributed by atoms with van der Waals surface area (Å²) in [6, 6.07) is 7.99. The molecular weight excluding hydrogens is 266 g/mol. The topological polar surface area (TPSA) is 46.2 Å². The number of aliphatic hydroxyl groups is 1. The van der Waals surface area contributed by atoms with Crippen LogP contribution >= 0.6 is 23.4 Å². The highest BCUT2D eigenvalue weighted by Gasteiger charge is 2.15. The van der Waals surface area contributed by atoms with Gasteiger partial charge in [-0.15, -0.1) is 0 Å². The maximum absolute atomic E-state index is 9.03. The SMILES string of the molecule is CC(N)(CO)CCCCSCc1ccc(Cl)cc1. The van der Waals surface area contributed by atoms with Gasteiger partial charge in [-0.1, -0.05) is 30.2 Å². The number of nitrogens with two attached hydrogens (primary N) is 1. The quantitative estimate of drug-likeness (QED) is 0.720. The van der Waals surface area contributed by atoms with Crippen LogP contribution in [-0.2, 0) is 5.75 Å². The third-order valence-electron chi connectivity index (χ3n) is 2.83. The van der Waals surface area contributed by atoms with Crippen LogP contribution in [0.3, 0.4) is 0 Å². The minimum Gasteiger partial charge on any atom is -0.394 e. The van der Waals surface area contributed by atoms with E-state index in [4.69, 9.17) is 22.4 Å². The molecule has 102 valence electrons. The lowest BCUT2D eigenvalue weighted by atomic mass is 9.98. The minimum atomic E-state index is -0.416. The molecule has 0 saturated heterocycles. The molecule has 0 radical (unpaired) electrons. The average molecular weight is 288 g/mol. The van der Waals surface area contributed by atoms with E-state index in [-0.39, 0.29) is 6.61 Å². The molecule has 0 aliphatic rings. The van der Waals surface area contributed by atoms with E-state index < -0.39 is 5.54 Å². The first kappa shape index (κ1) is 15.8. The van der Waals surface area contributed by atoms with Gasteiger partial charge in [0.25, 0.3) is 0 Å². The van der Waals surface area contributed by atoms with Gasteiger partial charge in [0.2, 0.25) is 0 Å². The second-order valence-electron chi connectivity index (χ2n) is 4.95. The van der Waals surface area contributed by atoms with Crippen LogP contribution in [0.4, 0.5) is 0 Å². The van der Waals surface area contributed by atoms with Crippen LogP contribution in [0.15, 0.2) is 24.3 Å². The van der Waals surface area contributed by atoms with Crippen molar-refractivity contribution >= 4 is 23.4 Å². The molecule has 1 atom stereocenters. The third kappa shape index (κ3) is 6.64. The Kier molecular flexibility index (Phi) is 7.08. The molecule has 18 heavy (non-hydrogen) atoms. The monoisotopic (exact) mass is 287 g/mol. The molecule has 0 amide bonds. The van der Waals surface area contributed by atoms with Crippen molar-refractivity contribution in [2.24, 2.45) is 5.73 Å². The molecule has 0 fully saturated rings. The molecule has 3 N–H and O–H groups in total. The first-order chi connectivity index (χ1) is 8.53. The molecule has 0 aromatic heterocycles. The Balaban J connectivity index is 2.07. The Hall–Kier alpha value is -0.220. The summed E-state index contributed by atoms with van der Waals surface area (Å²) in [4.78, 5) is 0. The highest BCUT2D eigenvalue weighted by molar-refractivity contribution is 7.98. The van der Waals surface area contributed by atoms with E-state index in [1.807, 2.05) is 30.8 Å². The van der Waals surface area contributed by atoms with Crippen molar-refractivity contribution in [2.75, 3.05) is 12.4 Å². The molecular formula is C14H22ClNOS. The lowest BCUT2D eigenvalue weighted by Gasteiger charge is -2.21. The van der Waals surface area contributed by atoms with Crippen molar-refractivity contribution in [3.05, 3.63) is 34.9 Å². The van der Waals surface area contributed by atoms with Crippen LogP contribution in [0, 0.1) is 0 Å². The summed E-state index contributed by atoms with van der Waals surface area (Å²) in [6.07, 6.45) is 3.09.